The van der Waals surface area contributed by atoms with Crippen LogP contribution in [0.1, 0.15) is 27.2 Å². The first kappa shape index (κ1) is 13.4. The van der Waals surface area contributed by atoms with Crippen molar-refractivity contribution in [2.24, 2.45) is 0 Å². The van der Waals surface area contributed by atoms with Crippen LogP contribution in [-0.4, -0.2) is 41.3 Å². The molecule has 1 aliphatic heterocycles. The van der Waals surface area contributed by atoms with Crippen LogP contribution in [0.3, 0.4) is 0 Å². The van der Waals surface area contributed by atoms with Crippen molar-refractivity contribution in [3.8, 4) is 0 Å². The Hall–Kier alpha value is -0.650. The third-order valence-electron chi connectivity index (χ3n) is 1.57. The van der Waals surface area contributed by atoms with E-state index >= 15 is 0 Å². The fourth-order valence-corrected chi connectivity index (χ4v) is 0.853. The van der Waals surface area contributed by atoms with Crippen molar-refractivity contribution in [2.75, 3.05) is 13.2 Å². The summed E-state index contributed by atoms with van der Waals surface area (Å²) in [5, 5.41) is 16.3. The van der Waals surface area contributed by atoms with Gasteiger partial charge in [0.1, 0.15) is 6.10 Å². The molecule has 5 nitrogen and oxygen atoms in total. The van der Waals surface area contributed by atoms with Crippen molar-refractivity contribution < 1.29 is 24.5 Å². The first-order valence-electron chi connectivity index (χ1n) is 4.55. The number of aliphatic carboxylic acids is 1. The van der Waals surface area contributed by atoms with Crippen LogP contribution >= 0.6 is 0 Å². The second-order valence-corrected chi connectivity index (χ2v) is 3.38. The van der Waals surface area contributed by atoms with Crippen LogP contribution < -0.4 is 0 Å². The van der Waals surface area contributed by atoms with Gasteiger partial charge in [-0.1, -0.05) is 6.92 Å². The number of rotatable bonds is 2. The van der Waals surface area contributed by atoms with Gasteiger partial charge in [0.05, 0.1) is 13.2 Å². The lowest BCUT2D eigenvalue weighted by Gasteiger charge is -2.15. The Labute approximate surface area is 83.6 Å². The predicted octanol–water partition coefficient (Wildman–Crippen LogP) is 0.611. The SMILES string of the molecule is CC1(C)OCC(CO)O1.CCC(=O)O. The van der Waals surface area contributed by atoms with Crippen molar-refractivity contribution in [1.29, 1.82) is 0 Å². The van der Waals surface area contributed by atoms with Crippen molar-refractivity contribution in [3.63, 3.8) is 0 Å². The normalized spacial score (nSPS) is 23.9. The topological polar surface area (TPSA) is 76.0 Å². The van der Waals surface area contributed by atoms with Gasteiger partial charge in [-0.05, 0) is 13.8 Å². The standard InChI is InChI=1S/C6H12O3.C3H6O2/c1-6(2)8-4-5(3-7)9-6;1-2-3(4)5/h5,7H,3-4H2,1-2H3;2H2,1H3,(H,4,5). The van der Waals surface area contributed by atoms with E-state index in [0.717, 1.165) is 0 Å². The first-order valence-corrected chi connectivity index (χ1v) is 4.55. The van der Waals surface area contributed by atoms with Crippen LogP contribution in [0.2, 0.25) is 0 Å². The van der Waals surface area contributed by atoms with Gasteiger partial charge in [-0.25, -0.2) is 0 Å². The van der Waals surface area contributed by atoms with E-state index in [1.807, 2.05) is 13.8 Å². The molecule has 0 saturated carbocycles. The lowest BCUT2D eigenvalue weighted by molar-refractivity contribution is -0.142. The molecule has 1 saturated heterocycles. The molecule has 1 rings (SSSR count). The van der Waals surface area contributed by atoms with Crippen LogP contribution in [0.4, 0.5) is 0 Å². The van der Waals surface area contributed by atoms with Crippen molar-refractivity contribution in [1.82, 2.24) is 0 Å². The smallest absolute Gasteiger partial charge is 0.303 e. The molecule has 1 fully saturated rings. The second kappa shape index (κ2) is 5.95. The van der Waals surface area contributed by atoms with E-state index in [9.17, 15) is 4.79 Å². The molecule has 2 N–H and O–H groups in total. The summed E-state index contributed by atoms with van der Waals surface area (Å²) in [6.45, 7) is 5.82. The first-order chi connectivity index (χ1) is 6.41. The van der Waals surface area contributed by atoms with Crippen LogP contribution in [0.25, 0.3) is 0 Å². The Morgan fingerprint density at radius 1 is 1.57 bits per heavy atom. The zero-order valence-corrected chi connectivity index (χ0v) is 8.82. The van der Waals surface area contributed by atoms with Crippen LogP contribution in [-0.2, 0) is 14.3 Å². The largest absolute Gasteiger partial charge is 0.481 e. The van der Waals surface area contributed by atoms with E-state index in [1.165, 1.54) is 0 Å². The second-order valence-electron chi connectivity index (χ2n) is 3.38. The summed E-state index contributed by atoms with van der Waals surface area (Å²) in [5.74, 6) is -1.24. The van der Waals surface area contributed by atoms with E-state index in [4.69, 9.17) is 19.7 Å². The average molecular weight is 206 g/mol. The van der Waals surface area contributed by atoms with Gasteiger partial charge in [-0.3, -0.25) is 4.79 Å². The number of ether oxygens (including phenoxy) is 2. The Kier molecular flexibility index (Phi) is 5.68. The highest BCUT2D eigenvalue weighted by Crippen LogP contribution is 2.21. The Morgan fingerprint density at radius 3 is 2.21 bits per heavy atom. The van der Waals surface area contributed by atoms with Gasteiger partial charge in [0, 0.05) is 6.42 Å². The molecule has 0 bridgehead atoms. The molecule has 5 heteroatoms. The molecule has 0 spiro atoms. The summed E-state index contributed by atoms with van der Waals surface area (Å²) in [7, 11) is 0. The Morgan fingerprint density at radius 2 is 2.07 bits per heavy atom. The summed E-state index contributed by atoms with van der Waals surface area (Å²) >= 11 is 0. The maximum atomic E-state index is 9.37. The van der Waals surface area contributed by atoms with E-state index in [1.54, 1.807) is 6.92 Å². The zero-order valence-electron chi connectivity index (χ0n) is 8.82. The fraction of sp³-hybridized carbons (Fsp3) is 0.889. The zero-order chi connectivity index (χ0) is 11.2. The molecule has 1 unspecified atom stereocenters. The predicted molar refractivity (Wildman–Crippen MR) is 49.9 cm³/mol. The van der Waals surface area contributed by atoms with Gasteiger partial charge in [-0.15, -0.1) is 0 Å². The maximum Gasteiger partial charge on any atom is 0.303 e. The van der Waals surface area contributed by atoms with Crippen molar-refractivity contribution >= 4 is 5.97 Å². The Balaban J connectivity index is 0.000000292. The fourth-order valence-electron chi connectivity index (χ4n) is 0.853. The molecule has 0 radical (unpaired) electrons. The highest BCUT2D eigenvalue weighted by molar-refractivity contribution is 5.66. The van der Waals surface area contributed by atoms with Crippen LogP contribution in [0, 0.1) is 0 Å². The number of carbonyl (C=O) groups is 1. The van der Waals surface area contributed by atoms with Crippen molar-refractivity contribution in [3.05, 3.63) is 0 Å². The lowest BCUT2D eigenvalue weighted by Crippen LogP contribution is -2.22. The summed E-state index contributed by atoms with van der Waals surface area (Å²) in [5.41, 5.74) is 0. The van der Waals surface area contributed by atoms with E-state index in [0.29, 0.717) is 6.61 Å². The molecule has 0 aromatic heterocycles. The number of aliphatic hydroxyl groups is 1. The van der Waals surface area contributed by atoms with E-state index < -0.39 is 11.8 Å². The number of hydrogen-bond acceptors (Lipinski definition) is 4. The van der Waals surface area contributed by atoms with Gasteiger partial charge in [-0.2, -0.15) is 0 Å². The molecule has 14 heavy (non-hydrogen) atoms. The average Bonchev–Trinajstić information content (AvgIpc) is 2.46. The molecule has 1 aliphatic rings. The highest BCUT2D eigenvalue weighted by Gasteiger charge is 2.31. The lowest BCUT2D eigenvalue weighted by atomic mass is 10.4. The van der Waals surface area contributed by atoms with Gasteiger partial charge < -0.3 is 19.7 Å². The maximum absolute atomic E-state index is 9.37. The molecule has 0 aliphatic carbocycles. The number of aliphatic hydroxyl groups excluding tert-OH is 1. The van der Waals surface area contributed by atoms with Crippen molar-refractivity contribution in [2.45, 2.75) is 39.1 Å². The molecule has 0 amide bonds. The molecule has 84 valence electrons. The minimum Gasteiger partial charge on any atom is -0.481 e. The Bertz CT molecular complexity index is 178. The summed E-state index contributed by atoms with van der Waals surface area (Å²) in [6, 6.07) is 0. The van der Waals surface area contributed by atoms with Gasteiger partial charge >= 0.3 is 5.97 Å². The summed E-state index contributed by atoms with van der Waals surface area (Å²) < 4.78 is 10.4. The third-order valence-corrected chi connectivity index (χ3v) is 1.57. The molecular formula is C9H18O5. The number of hydrogen-bond donors (Lipinski definition) is 2. The van der Waals surface area contributed by atoms with Crippen LogP contribution in [0.15, 0.2) is 0 Å². The molecule has 0 aromatic rings. The van der Waals surface area contributed by atoms with Gasteiger partial charge in [0.25, 0.3) is 0 Å². The quantitative estimate of drug-likeness (QED) is 0.692. The highest BCUT2D eigenvalue weighted by atomic mass is 16.7. The molecule has 1 atom stereocenters. The minimum absolute atomic E-state index is 0.0451. The molecular weight excluding hydrogens is 188 g/mol. The molecule has 1 heterocycles. The minimum atomic E-state index is -0.745. The number of carboxylic acids is 1. The molecule has 0 aromatic carbocycles. The monoisotopic (exact) mass is 206 g/mol. The summed E-state index contributed by atoms with van der Waals surface area (Å²) in [4.78, 5) is 9.37. The van der Waals surface area contributed by atoms with E-state index in [-0.39, 0.29) is 19.1 Å². The van der Waals surface area contributed by atoms with E-state index in [2.05, 4.69) is 0 Å². The van der Waals surface area contributed by atoms with Crippen LogP contribution in [0.5, 0.6) is 0 Å². The van der Waals surface area contributed by atoms with Gasteiger partial charge in [0.15, 0.2) is 5.79 Å². The summed E-state index contributed by atoms with van der Waals surface area (Å²) in [6.07, 6.45) is 0.0972. The number of carboxylic acid groups (broad SMARTS) is 1. The third kappa shape index (κ3) is 5.90. The van der Waals surface area contributed by atoms with Gasteiger partial charge in [0.2, 0.25) is 0 Å².